The molecule has 0 aliphatic heterocycles. The van der Waals surface area contributed by atoms with Gasteiger partial charge in [-0.1, -0.05) is 80.8 Å². The standard InChI is InChI=1S/C21H24N4OS.C10H13N.C2H6/c1-5-15-6-7-20-19(21(26)18(15)8-14(2)13-27-22-3)9-16(10-23-20)17-11-24-25(4)12-17;1-9(11-2)8-10-6-4-3-5-7-10;1-2/h6-12,22H,5,13H2,1-4H3;3-8,11H,1-2H3;1-2H3/b14-8+;9-8-;. The summed E-state index contributed by atoms with van der Waals surface area (Å²) in [6.07, 6.45) is 10.4. The van der Waals surface area contributed by atoms with Crippen LogP contribution < -0.4 is 15.5 Å². The van der Waals surface area contributed by atoms with E-state index in [0.29, 0.717) is 10.9 Å². The minimum Gasteiger partial charge on any atom is -0.392 e. The Morgan fingerprint density at radius 1 is 1.00 bits per heavy atom. The van der Waals surface area contributed by atoms with Gasteiger partial charge in [0.1, 0.15) is 0 Å². The Bertz CT molecular complexity index is 1480. The quantitative estimate of drug-likeness (QED) is 0.225. The van der Waals surface area contributed by atoms with Crippen LogP contribution >= 0.6 is 11.9 Å². The molecule has 0 atom stereocenters. The Hall–Kier alpha value is -3.68. The molecule has 40 heavy (non-hydrogen) atoms. The number of rotatable bonds is 8. The van der Waals surface area contributed by atoms with Crippen LogP contribution in [0.2, 0.25) is 0 Å². The van der Waals surface area contributed by atoms with Gasteiger partial charge in [0.2, 0.25) is 0 Å². The van der Waals surface area contributed by atoms with E-state index in [9.17, 15) is 4.79 Å². The van der Waals surface area contributed by atoms with Gasteiger partial charge < -0.3 is 5.32 Å². The van der Waals surface area contributed by atoms with Gasteiger partial charge in [0, 0.05) is 60.0 Å². The second kappa shape index (κ2) is 17.1. The summed E-state index contributed by atoms with van der Waals surface area (Å²) in [5.41, 5.74) is 7.94. The van der Waals surface area contributed by atoms with Crippen LogP contribution in [0, 0.1) is 0 Å². The van der Waals surface area contributed by atoms with Gasteiger partial charge in [-0.2, -0.15) is 5.10 Å². The second-order valence-electron chi connectivity index (χ2n) is 8.99. The summed E-state index contributed by atoms with van der Waals surface area (Å²) < 4.78 is 4.82. The highest BCUT2D eigenvalue weighted by atomic mass is 32.2. The third kappa shape index (κ3) is 9.50. The highest BCUT2D eigenvalue weighted by Crippen LogP contribution is 2.22. The fourth-order valence-electron chi connectivity index (χ4n) is 3.89. The van der Waals surface area contributed by atoms with Crippen LogP contribution in [-0.4, -0.2) is 34.6 Å². The molecule has 0 bridgehead atoms. The second-order valence-corrected chi connectivity index (χ2v) is 9.97. The molecule has 0 saturated heterocycles. The molecule has 2 N–H and O–H groups in total. The third-order valence-corrected chi connectivity index (χ3v) is 6.92. The highest BCUT2D eigenvalue weighted by molar-refractivity contribution is 7.97. The number of nitrogens with zero attached hydrogens (tertiary/aromatic N) is 3. The Kier molecular flexibility index (Phi) is 13.9. The topological polar surface area (TPSA) is 71.8 Å². The molecule has 6 nitrogen and oxygen atoms in total. The zero-order chi connectivity index (χ0) is 29.5. The minimum absolute atomic E-state index is 0.0268. The molecule has 0 amide bonds. The fraction of sp³-hybridized carbons (Fsp3) is 0.303. The lowest BCUT2D eigenvalue weighted by Gasteiger charge is -2.03. The molecule has 212 valence electrons. The summed E-state index contributed by atoms with van der Waals surface area (Å²) in [5.74, 6) is 0.828. The van der Waals surface area contributed by atoms with Crippen molar-refractivity contribution in [3.8, 4) is 11.1 Å². The average molecular weight is 558 g/mol. The maximum absolute atomic E-state index is 13.4. The summed E-state index contributed by atoms with van der Waals surface area (Å²) in [7, 11) is 5.70. The van der Waals surface area contributed by atoms with Gasteiger partial charge in [-0.05, 0) is 56.7 Å². The van der Waals surface area contributed by atoms with Crippen LogP contribution in [0.5, 0.6) is 0 Å². The van der Waals surface area contributed by atoms with Gasteiger partial charge in [-0.15, -0.1) is 0 Å². The SMILES string of the molecule is CC.CCc1ccc2ncc(-c3cnn(C)c3)cc2c(=O)c1/C=C(\C)CSNC.CN/C(C)=C\c1ccccc1. The molecular weight excluding hydrogens is 514 g/mol. The molecule has 0 fully saturated rings. The van der Waals surface area contributed by atoms with Gasteiger partial charge in [0.15, 0.2) is 5.43 Å². The van der Waals surface area contributed by atoms with Crippen LogP contribution in [0.15, 0.2) is 83.2 Å². The monoisotopic (exact) mass is 557 g/mol. The lowest BCUT2D eigenvalue weighted by molar-refractivity contribution is 0.768. The van der Waals surface area contributed by atoms with E-state index >= 15 is 0 Å². The molecule has 0 unspecified atom stereocenters. The largest absolute Gasteiger partial charge is 0.392 e. The first-order valence-corrected chi connectivity index (χ1v) is 14.7. The van der Waals surface area contributed by atoms with Crippen molar-refractivity contribution in [2.75, 3.05) is 19.8 Å². The van der Waals surface area contributed by atoms with Crippen molar-refractivity contribution in [1.29, 1.82) is 0 Å². The lowest BCUT2D eigenvalue weighted by atomic mass is 10.0. The van der Waals surface area contributed by atoms with Crippen molar-refractivity contribution in [3.63, 3.8) is 0 Å². The van der Waals surface area contributed by atoms with E-state index in [1.807, 2.05) is 90.6 Å². The number of benzene rings is 1. The van der Waals surface area contributed by atoms with Crippen LogP contribution in [0.3, 0.4) is 0 Å². The van der Waals surface area contributed by atoms with E-state index in [1.165, 1.54) is 11.3 Å². The Balaban J connectivity index is 0.000000360. The predicted molar refractivity (Wildman–Crippen MR) is 175 cm³/mol. The number of hydrogen-bond donors (Lipinski definition) is 2. The summed E-state index contributed by atoms with van der Waals surface area (Å²) in [6.45, 7) is 10.2. The molecule has 4 aromatic rings. The predicted octanol–water partition coefficient (Wildman–Crippen LogP) is 7.12. The van der Waals surface area contributed by atoms with E-state index in [4.69, 9.17) is 0 Å². The summed E-state index contributed by atoms with van der Waals surface area (Å²) in [6, 6.07) is 16.1. The Morgan fingerprint density at radius 2 is 1.73 bits per heavy atom. The molecule has 4 rings (SSSR count). The third-order valence-electron chi connectivity index (χ3n) is 6.03. The number of fused-ring (bicyclic) bond motifs is 1. The van der Waals surface area contributed by atoms with Crippen LogP contribution in [-0.2, 0) is 13.5 Å². The van der Waals surface area contributed by atoms with Crippen molar-refractivity contribution in [1.82, 2.24) is 24.8 Å². The number of pyridine rings is 1. The van der Waals surface area contributed by atoms with Crippen LogP contribution in [0.25, 0.3) is 34.2 Å². The number of aryl methyl sites for hydroxylation is 2. The minimum atomic E-state index is 0.0268. The van der Waals surface area contributed by atoms with Gasteiger partial charge in [-0.3, -0.25) is 19.2 Å². The van der Waals surface area contributed by atoms with Crippen molar-refractivity contribution < 1.29 is 0 Å². The number of allylic oxidation sites excluding steroid dienone is 1. The summed E-state index contributed by atoms with van der Waals surface area (Å²) >= 11 is 1.62. The first-order valence-electron chi connectivity index (χ1n) is 13.7. The van der Waals surface area contributed by atoms with Crippen LogP contribution in [0.1, 0.15) is 51.3 Å². The average Bonchev–Trinajstić information content (AvgIpc) is 3.38. The lowest BCUT2D eigenvalue weighted by Crippen LogP contribution is -2.06. The summed E-state index contributed by atoms with van der Waals surface area (Å²) in [4.78, 5) is 17.9. The summed E-state index contributed by atoms with van der Waals surface area (Å²) in [5, 5.41) is 7.92. The van der Waals surface area contributed by atoms with Crippen LogP contribution in [0.4, 0.5) is 0 Å². The molecular formula is C33H43N5OS. The highest BCUT2D eigenvalue weighted by Gasteiger charge is 2.10. The van der Waals surface area contributed by atoms with Gasteiger partial charge in [0.05, 0.1) is 11.7 Å². The maximum atomic E-state index is 13.4. The van der Waals surface area contributed by atoms with E-state index in [2.05, 4.69) is 52.2 Å². The van der Waals surface area contributed by atoms with Gasteiger partial charge in [0.25, 0.3) is 0 Å². The fourth-order valence-corrected chi connectivity index (χ4v) is 4.35. The first kappa shape index (κ1) is 32.5. The molecule has 0 aliphatic carbocycles. The Labute approximate surface area is 243 Å². The van der Waals surface area contributed by atoms with E-state index in [1.54, 1.807) is 29.0 Å². The molecule has 0 aliphatic rings. The maximum Gasteiger partial charge on any atom is 0.195 e. The Morgan fingerprint density at radius 3 is 2.33 bits per heavy atom. The van der Waals surface area contributed by atoms with Crippen molar-refractivity contribution in [2.24, 2.45) is 7.05 Å². The van der Waals surface area contributed by atoms with Crippen molar-refractivity contribution >= 4 is 35.0 Å². The van der Waals surface area contributed by atoms with Gasteiger partial charge >= 0.3 is 0 Å². The molecule has 7 heteroatoms. The zero-order valence-electron chi connectivity index (χ0n) is 25.1. The molecule has 2 aromatic heterocycles. The van der Waals surface area contributed by atoms with Crippen molar-refractivity contribution in [3.05, 3.63) is 105 Å². The van der Waals surface area contributed by atoms with E-state index in [-0.39, 0.29) is 5.43 Å². The number of hydrogen-bond acceptors (Lipinski definition) is 6. The van der Waals surface area contributed by atoms with Crippen molar-refractivity contribution in [2.45, 2.75) is 41.0 Å². The molecule has 2 aromatic carbocycles. The normalized spacial score (nSPS) is 11.3. The number of aromatic nitrogens is 3. The van der Waals surface area contributed by atoms with E-state index < -0.39 is 0 Å². The molecule has 2 heterocycles. The zero-order valence-corrected chi connectivity index (χ0v) is 25.9. The first-order chi connectivity index (χ1) is 19.4. The number of nitrogens with one attached hydrogen (secondary N) is 2. The molecule has 0 saturated carbocycles. The van der Waals surface area contributed by atoms with Gasteiger partial charge in [-0.25, -0.2) is 0 Å². The van der Waals surface area contributed by atoms with E-state index in [0.717, 1.165) is 40.0 Å². The molecule has 0 spiro atoms. The molecule has 0 radical (unpaired) electrons. The smallest absolute Gasteiger partial charge is 0.195 e.